The Morgan fingerprint density at radius 3 is 2.20 bits per heavy atom. The monoisotopic (exact) mass is 208 g/mol. The third-order valence-corrected chi connectivity index (χ3v) is 2.08. The van der Waals surface area contributed by atoms with Crippen molar-refractivity contribution in [2.45, 2.75) is 6.92 Å². The molecule has 0 saturated heterocycles. The molecular formula is C10H8O5. The number of carbonyl (C=O) groups excluding carboxylic acids is 1. The molecule has 0 aromatic heterocycles. The quantitative estimate of drug-likeness (QED) is 0.728. The molecule has 0 unspecified atom stereocenters. The van der Waals surface area contributed by atoms with Crippen LogP contribution in [0.1, 0.15) is 36.6 Å². The molecule has 78 valence electrons. The fourth-order valence-corrected chi connectivity index (χ4v) is 1.31. The van der Waals surface area contributed by atoms with Crippen molar-refractivity contribution in [2.24, 2.45) is 0 Å². The van der Waals surface area contributed by atoms with E-state index in [2.05, 4.69) is 0 Å². The van der Waals surface area contributed by atoms with E-state index in [1.165, 1.54) is 13.0 Å². The molecule has 5 nitrogen and oxygen atoms in total. The van der Waals surface area contributed by atoms with Crippen molar-refractivity contribution in [2.75, 3.05) is 0 Å². The van der Waals surface area contributed by atoms with Crippen LogP contribution in [0.25, 0.3) is 0 Å². The van der Waals surface area contributed by atoms with Crippen molar-refractivity contribution in [1.82, 2.24) is 0 Å². The second-order valence-electron chi connectivity index (χ2n) is 2.93. The summed E-state index contributed by atoms with van der Waals surface area (Å²) in [5.74, 6) is -2.68. The molecule has 1 aromatic rings. The van der Waals surface area contributed by atoms with E-state index in [9.17, 15) is 14.4 Å². The summed E-state index contributed by atoms with van der Waals surface area (Å²) in [6.45, 7) is 1.40. The highest BCUT2D eigenvalue weighted by molar-refractivity contribution is 6.04. The number of hydrogen-bond donors (Lipinski definition) is 2. The minimum atomic E-state index is -1.35. The molecule has 5 heteroatoms. The Balaban J connectivity index is 3.58. The number of benzene rings is 1. The molecule has 0 radical (unpaired) electrons. The summed E-state index contributed by atoms with van der Waals surface area (Å²) in [6.07, 6.45) is 0.493. The molecule has 0 fully saturated rings. The van der Waals surface area contributed by atoms with Crippen molar-refractivity contribution in [3.8, 4) is 0 Å². The van der Waals surface area contributed by atoms with Crippen molar-refractivity contribution in [1.29, 1.82) is 0 Å². The maximum absolute atomic E-state index is 10.8. The largest absolute Gasteiger partial charge is 0.478 e. The Bertz CT molecular complexity index is 447. The molecule has 0 spiro atoms. The number of carboxylic acids is 2. The fourth-order valence-electron chi connectivity index (χ4n) is 1.31. The van der Waals surface area contributed by atoms with Crippen molar-refractivity contribution >= 4 is 18.2 Å². The highest BCUT2D eigenvalue weighted by Gasteiger charge is 2.19. The predicted octanol–water partition coefficient (Wildman–Crippen LogP) is 1.20. The third kappa shape index (κ3) is 1.85. The number of hydrogen-bond acceptors (Lipinski definition) is 3. The maximum Gasteiger partial charge on any atom is 0.336 e. The van der Waals surface area contributed by atoms with E-state index in [0.717, 1.165) is 6.07 Å². The van der Waals surface area contributed by atoms with Gasteiger partial charge >= 0.3 is 11.9 Å². The molecular weight excluding hydrogens is 200 g/mol. The summed E-state index contributed by atoms with van der Waals surface area (Å²) < 4.78 is 0. The van der Waals surface area contributed by atoms with E-state index < -0.39 is 11.9 Å². The van der Waals surface area contributed by atoms with Crippen LogP contribution < -0.4 is 0 Å². The lowest BCUT2D eigenvalue weighted by atomic mass is 9.97. The molecule has 0 aliphatic carbocycles. The Morgan fingerprint density at radius 1 is 1.20 bits per heavy atom. The summed E-state index contributed by atoms with van der Waals surface area (Å²) in [5.41, 5.74) is -0.312. The smallest absolute Gasteiger partial charge is 0.336 e. The van der Waals surface area contributed by atoms with Crippen molar-refractivity contribution < 1.29 is 24.6 Å². The lowest BCUT2D eigenvalue weighted by molar-refractivity contribution is 0.0650. The minimum absolute atomic E-state index is 0.164. The summed E-state index contributed by atoms with van der Waals surface area (Å²) in [6, 6.07) is 2.40. The second-order valence-corrected chi connectivity index (χ2v) is 2.93. The minimum Gasteiger partial charge on any atom is -0.478 e. The molecule has 15 heavy (non-hydrogen) atoms. The maximum atomic E-state index is 10.8. The Labute approximate surface area is 85.0 Å². The Hall–Kier alpha value is -2.17. The van der Waals surface area contributed by atoms with Crippen LogP contribution in [0, 0.1) is 6.92 Å². The number of aromatic carboxylic acids is 2. The van der Waals surface area contributed by atoms with Crippen molar-refractivity contribution in [3.63, 3.8) is 0 Å². The van der Waals surface area contributed by atoms with E-state index in [1.807, 2.05) is 0 Å². The van der Waals surface area contributed by atoms with Gasteiger partial charge in [0.1, 0.15) is 6.29 Å². The lowest BCUT2D eigenvalue weighted by Crippen LogP contribution is -2.11. The molecule has 0 atom stereocenters. The number of carboxylic acid groups (broad SMARTS) is 2. The number of rotatable bonds is 3. The molecule has 1 rings (SSSR count). The highest BCUT2D eigenvalue weighted by atomic mass is 16.4. The first-order valence-corrected chi connectivity index (χ1v) is 4.04. The molecule has 0 heterocycles. The van der Waals surface area contributed by atoms with Crippen LogP contribution >= 0.6 is 0 Å². The van der Waals surface area contributed by atoms with Gasteiger partial charge < -0.3 is 10.2 Å². The summed E-state index contributed by atoms with van der Waals surface area (Å²) in [4.78, 5) is 32.1. The van der Waals surface area contributed by atoms with Gasteiger partial charge in [0.2, 0.25) is 0 Å². The highest BCUT2D eigenvalue weighted by Crippen LogP contribution is 2.17. The van der Waals surface area contributed by atoms with Gasteiger partial charge in [0.05, 0.1) is 11.1 Å². The molecule has 0 amide bonds. The van der Waals surface area contributed by atoms with E-state index in [1.54, 1.807) is 0 Å². The van der Waals surface area contributed by atoms with Gasteiger partial charge in [-0.15, -0.1) is 0 Å². The predicted molar refractivity (Wildman–Crippen MR) is 50.5 cm³/mol. The summed E-state index contributed by atoms with van der Waals surface area (Å²) in [7, 11) is 0. The summed E-state index contributed by atoms with van der Waals surface area (Å²) in [5, 5.41) is 17.6. The van der Waals surface area contributed by atoms with Crippen LogP contribution in [0.5, 0.6) is 0 Å². The molecule has 1 aromatic carbocycles. The van der Waals surface area contributed by atoms with E-state index in [0.29, 0.717) is 6.29 Å². The van der Waals surface area contributed by atoms with Gasteiger partial charge in [0.15, 0.2) is 0 Å². The lowest BCUT2D eigenvalue weighted by Gasteiger charge is -2.06. The first kappa shape index (κ1) is 10.9. The van der Waals surface area contributed by atoms with Crippen LogP contribution in [-0.2, 0) is 0 Å². The van der Waals surface area contributed by atoms with E-state index in [-0.39, 0.29) is 22.3 Å². The fraction of sp³-hybridized carbons (Fsp3) is 0.100. The van der Waals surface area contributed by atoms with Gasteiger partial charge in [-0.2, -0.15) is 0 Å². The number of aldehydes is 1. The summed E-state index contributed by atoms with van der Waals surface area (Å²) >= 11 is 0. The van der Waals surface area contributed by atoms with Crippen LogP contribution in [0.3, 0.4) is 0 Å². The average molecular weight is 208 g/mol. The third-order valence-electron chi connectivity index (χ3n) is 2.08. The van der Waals surface area contributed by atoms with Crippen LogP contribution in [-0.4, -0.2) is 28.4 Å². The molecule has 0 aliphatic rings. The van der Waals surface area contributed by atoms with E-state index >= 15 is 0 Å². The van der Waals surface area contributed by atoms with E-state index in [4.69, 9.17) is 10.2 Å². The molecule has 0 aliphatic heterocycles. The normalized spacial score (nSPS) is 9.67. The standard InChI is InChI=1S/C10H8O5/c1-5-6(4-11)2-3-7(9(12)13)8(5)10(14)15/h2-4H,1H3,(H,12,13)(H,14,15). The van der Waals surface area contributed by atoms with Gasteiger partial charge in [-0.3, -0.25) is 4.79 Å². The van der Waals surface area contributed by atoms with Crippen LogP contribution in [0.2, 0.25) is 0 Å². The second kappa shape index (κ2) is 3.91. The van der Waals surface area contributed by atoms with Crippen molar-refractivity contribution in [3.05, 3.63) is 34.4 Å². The van der Waals surface area contributed by atoms with Crippen LogP contribution in [0.15, 0.2) is 12.1 Å². The van der Waals surface area contributed by atoms with Gasteiger partial charge in [-0.25, -0.2) is 9.59 Å². The first-order chi connectivity index (χ1) is 6.99. The van der Waals surface area contributed by atoms with Gasteiger partial charge in [-0.1, -0.05) is 6.07 Å². The zero-order valence-corrected chi connectivity index (χ0v) is 7.85. The SMILES string of the molecule is Cc1c(C=O)ccc(C(=O)O)c1C(=O)O. The molecule has 0 saturated carbocycles. The van der Waals surface area contributed by atoms with Gasteiger partial charge in [0, 0.05) is 5.56 Å². The number of carbonyl (C=O) groups is 3. The molecule has 0 bridgehead atoms. The zero-order chi connectivity index (χ0) is 11.6. The molecule has 2 N–H and O–H groups in total. The topological polar surface area (TPSA) is 91.7 Å². The first-order valence-electron chi connectivity index (χ1n) is 4.04. The average Bonchev–Trinajstić information content (AvgIpc) is 2.16. The Kier molecular flexibility index (Phi) is 2.85. The van der Waals surface area contributed by atoms with Crippen LogP contribution in [0.4, 0.5) is 0 Å². The Morgan fingerprint density at radius 2 is 1.80 bits per heavy atom. The van der Waals surface area contributed by atoms with Gasteiger partial charge in [0.25, 0.3) is 0 Å². The zero-order valence-electron chi connectivity index (χ0n) is 7.85. The van der Waals surface area contributed by atoms with Gasteiger partial charge in [-0.05, 0) is 18.6 Å².